The van der Waals surface area contributed by atoms with E-state index in [0.717, 1.165) is 12.8 Å². The minimum Gasteiger partial charge on any atom is -0.467 e. The number of anilines is 2. The highest BCUT2D eigenvalue weighted by atomic mass is 35.5. The number of aromatic nitrogens is 2. The molecule has 0 bridgehead atoms. The molecule has 0 amide bonds. The van der Waals surface area contributed by atoms with Crippen LogP contribution < -0.4 is 10.2 Å². The first-order chi connectivity index (χ1) is 10.1. The van der Waals surface area contributed by atoms with Crippen molar-refractivity contribution in [3.63, 3.8) is 0 Å². The van der Waals surface area contributed by atoms with Gasteiger partial charge in [-0.15, -0.1) is 0 Å². The van der Waals surface area contributed by atoms with Crippen molar-refractivity contribution >= 4 is 29.2 Å². The Morgan fingerprint density at radius 1 is 1.52 bits per heavy atom. The molecule has 2 atom stereocenters. The van der Waals surface area contributed by atoms with Gasteiger partial charge < -0.3 is 15.0 Å². The summed E-state index contributed by atoms with van der Waals surface area (Å²) in [5.74, 6) is 0.564. The minimum absolute atomic E-state index is 0.0709. The number of carbonyl (C=O) groups excluding carboxylic acids is 1. The highest BCUT2D eigenvalue weighted by molar-refractivity contribution is 6.28. The van der Waals surface area contributed by atoms with Crippen molar-refractivity contribution in [3.8, 4) is 0 Å². The van der Waals surface area contributed by atoms with Gasteiger partial charge in [0.1, 0.15) is 23.8 Å². The van der Waals surface area contributed by atoms with Gasteiger partial charge in [-0.05, 0) is 24.4 Å². The SMILES string of the molecule is COC(=O)[C@@H]1C[C@@H](F)CN1c1cc(NC2CC2)nc(Cl)n1. The first-order valence-electron chi connectivity index (χ1n) is 6.86. The van der Waals surface area contributed by atoms with Crippen LogP contribution in [0.4, 0.5) is 16.0 Å². The lowest BCUT2D eigenvalue weighted by Gasteiger charge is -2.23. The van der Waals surface area contributed by atoms with E-state index in [4.69, 9.17) is 16.3 Å². The topological polar surface area (TPSA) is 67.3 Å². The van der Waals surface area contributed by atoms with Gasteiger partial charge in [0.05, 0.1) is 13.7 Å². The van der Waals surface area contributed by atoms with Crippen molar-refractivity contribution < 1.29 is 13.9 Å². The third kappa shape index (κ3) is 3.18. The quantitative estimate of drug-likeness (QED) is 0.675. The Morgan fingerprint density at radius 2 is 2.29 bits per heavy atom. The number of alkyl halides is 1. The molecular formula is C13H16ClFN4O2. The van der Waals surface area contributed by atoms with Gasteiger partial charge in [-0.2, -0.15) is 0 Å². The van der Waals surface area contributed by atoms with Crippen molar-refractivity contribution in [1.82, 2.24) is 9.97 Å². The molecule has 2 heterocycles. The van der Waals surface area contributed by atoms with Crippen LogP contribution in [-0.2, 0) is 9.53 Å². The van der Waals surface area contributed by atoms with Crippen LogP contribution >= 0.6 is 11.6 Å². The zero-order valence-corrected chi connectivity index (χ0v) is 12.3. The Balaban J connectivity index is 1.86. The van der Waals surface area contributed by atoms with Gasteiger partial charge in [-0.25, -0.2) is 19.2 Å². The Labute approximate surface area is 126 Å². The van der Waals surface area contributed by atoms with Crippen LogP contribution in [-0.4, -0.2) is 47.8 Å². The molecule has 1 aromatic rings. The van der Waals surface area contributed by atoms with Crippen molar-refractivity contribution in [3.05, 3.63) is 11.3 Å². The summed E-state index contributed by atoms with van der Waals surface area (Å²) in [7, 11) is 1.29. The smallest absolute Gasteiger partial charge is 0.328 e. The summed E-state index contributed by atoms with van der Waals surface area (Å²) in [5, 5.41) is 3.29. The maximum Gasteiger partial charge on any atom is 0.328 e. The second-order valence-electron chi connectivity index (χ2n) is 5.32. The van der Waals surface area contributed by atoms with Crippen LogP contribution in [0.3, 0.4) is 0 Å². The highest BCUT2D eigenvalue weighted by Crippen LogP contribution is 2.30. The maximum absolute atomic E-state index is 13.7. The fourth-order valence-electron chi connectivity index (χ4n) is 2.46. The average Bonchev–Trinajstić information content (AvgIpc) is 3.16. The van der Waals surface area contributed by atoms with Crippen LogP contribution in [0.15, 0.2) is 6.07 Å². The molecule has 1 saturated heterocycles. The molecule has 0 unspecified atom stereocenters. The molecule has 1 saturated carbocycles. The van der Waals surface area contributed by atoms with E-state index in [1.54, 1.807) is 11.0 Å². The molecule has 8 heteroatoms. The predicted molar refractivity (Wildman–Crippen MR) is 76.3 cm³/mol. The average molecular weight is 315 g/mol. The first-order valence-corrected chi connectivity index (χ1v) is 7.24. The molecular weight excluding hydrogens is 299 g/mol. The molecule has 1 aliphatic heterocycles. The van der Waals surface area contributed by atoms with Crippen molar-refractivity contribution in [1.29, 1.82) is 0 Å². The maximum atomic E-state index is 13.7. The molecule has 6 nitrogen and oxygen atoms in total. The Morgan fingerprint density at radius 3 is 2.95 bits per heavy atom. The monoisotopic (exact) mass is 314 g/mol. The molecule has 0 aromatic carbocycles. The number of methoxy groups -OCH3 is 1. The van der Waals surface area contributed by atoms with E-state index < -0.39 is 18.2 Å². The zero-order chi connectivity index (χ0) is 15.0. The molecule has 0 radical (unpaired) electrons. The number of nitrogens with one attached hydrogen (secondary N) is 1. The summed E-state index contributed by atoms with van der Waals surface area (Å²) in [6, 6.07) is 1.43. The van der Waals surface area contributed by atoms with E-state index in [2.05, 4.69) is 15.3 Å². The number of rotatable bonds is 4. The lowest BCUT2D eigenvalue weighted by molar-refractivity contribution is -0.142. The number of ether oxygens (including phenoxy) is 1. The van der Waals surface area contributed by atoms with Gasteiger partial charge in [0, 0.05) is 18.5 Å². The summed E-state index contributed by atoms with van der Waals surface area (Å²) in [6.07, 6.45) is 1.19. The fraction of sp³-hybridized carbons (Fsp3) is 0.615. The van der Waals surface area contributed by atoms with Gasteiger partial charge in [0.2, 0.25) is 5.28 Å². The molecule has 2 aliphatic rings. The number of nitrogens with zero attached hydrogens (tertiary/aromatic N) is 3. The van der Waals surface area contributed by atoms with E-state index in [0.29, 0.717) is 17.7 Å². The van der Waals surface area contributed by atoms with E-state index in [9.17, 15) is 9.18 Å². The fourth-order valence-corrected chi connectivity index (χ4v) is 2.64. The highest BCUT2D eigenvalue weighted by Gasteiger charge is 2.39. The Bertz CT molecular complexity index is 555. The molecule has 3 rings (SSSR count). The summed E-state index contributed by atoms with van der Waals surface area (Å²) in [6.45, 7) is 0.0932. The van der Waals surface area contributed by atoms with Gasteiger partial charge in [-0.3, -0.25) is 0 Å². The number of esters is 1. The zero-order valence-electron chi connectivity index (χ0n) is 11.6. The minimum atomic E-state index is -1.09. The lowest BCUT2D eigenvalue weighted by atomic mass is 10.2. The van der Waals surface area contributed by atoms with Crippen molar-refractivity contribution in [2.75, 3.05) is 23.9 Å². The molecule has 0 spiro atoms. The van der Waals surface area contributed by atoms with Gasteiger partial charge in [0.15, 0.2) is 0 Å². The van der Waals surface area contributed by atoms with E-state index >= 15 is 0 Å². The van der Waals surface area contributed by atoms with E-state index in [-0.39, 0.29) is 18.2 Å². The van der Waals surface area contributed by atoms with Crippen molar-refractivity contribution in [2.45, 2.75) is 37.5 Å². The van der Waals surface area contributed by atoms with Crippen LogP contribution in [0.1, 0.15) is 19.3 Å². The predicted octanol–water partition coefficient (Wildman–Crippen LogP) is 1.79. The van der Waals surface area contributed by atoms with Crippen LogP contribution in [0, 0.1) is 0 Å². The summed E-state index contributed by atoms with van der Waals surface area (Å²) in [4.78, 5) is 21.6. The van der Waals surface area contributed by atoms with Gasteiger partial charge >= 0.3 is 5.97 Å². The number of carbonyl (C=O) groups is 1. The second kappa shape index (κ2) is 5.63. The number of halogens is 2. The Kier molecular flexibility index (Phi) is 3.84. The molecule has 1 aromatic heterocycles. The summed E-state index contributed by atoms with van der Waals surface area (Å²) >= 11 is 5.93. The second-order valence-corrected chi connectivity index (χ2v) is 5.66. The van der Waals surface area contributed by atoms with E-state index in [1.165, 1.54) is 7.11 Å². The largest absolute Gasteiger partial charge is 0.467 e. The summed E-state index contributed by atoms with van der Waals surface area (Å²) in [5.41, 5.74) is 0. The number of hydrogen-bond acceptors (Lipinski definition) is 6. The molecule has 1 N–H and O–H groups in total. The van der Waals surface area contributed by atoms with Crippen molar-refractivity contribution in [2.24, 2.45) is 0 Å². The molecule has 2 fully saturated rings. The molecule has 114 valence electrons. The third-order valence-corrected chi connectivity index (χ3v) is 3.80. The van der Waals surface area contributed by atoms with Gasteiger partial charge in [0.25, 0.3) is 0 Å². The van der Waals surface area contributed by atoms with Crippen LogP contribution in [0.2, 0.25) is 5.28 Å². The van der Waals surface area contributed by atoms with Gasteiger partial charge in [-0.1, -0.05) is 0 Å². The Hall–Kier alpha value is -1.63. The standard InChI is InChI=1S/C13H16ClFN4O2/c1-21-12(20)9-4-7(15)6-19(9)11-5-10(16-8-2-3-8)17-13(14)18-11/h5,7-9H,2-4,6H2,1H3,(H,16,17,18)/t7-,9+/m1/s1. The van der Waals surface area contributed by atoms with Crippen LogP contribution in [0.5, 0.6) is 0 Å². The van der Waals surface area contributed by atoms with Crippen LogP contribution in [0.25, 0.3) is 0 Å². The summed E-state index contributed by atoms with van der Waals surface area (Å²) < 4.78 is 18.4. The van der Waals surface area contributed by atoms with E-state index in [1.807, 2.05) is 0 Å². The third-order valence-electron chi connectivity index (χ3n) is 3.63. The normalized spacial score (nSPS) is 25.0. The molecule has 21 heavy (non-hydrogen) atoms. The number of hydrogen-bond donors (Lipinski definition) is 1. The molecule has 1 aliphatic carbocycles. The first kappa shape index (κ1) is 14.3. The lowest BCUT2D eigenvalue weighted by Crippen LogP contribution is -2.37.